The zero-order chi connectivity index (χ0) is 9.84. The molecule has 0 heterocycles. The molecule has 1 aromatic rings. The Kier molecular flexibility index (Phi) is 2.53. The lowest BCUT2D eigenvalue weighted by Gasteiger charge is -1.95. The Morgan fingerprint density at radius 1 is 1.38 bits per heavy atom. The number of nitro groups is 1. The quantitative estimate of drug-likeness (QED) is 0.302. The van der Waals surface area contributed by atoms with Crippen LogP contribution >= 0.6 is 0 Å². The van der Waals surface area contributed by atoms with Crippen molar-refractivity contribution in [3.8, 4) is 0 Å². The SMILES string of the molecule is Cc1cccc([N+]([O-])=N[N+](=O)[O-])c1. The van der Waals surface area contributed by atoms with Crippen LogP contribution < -0.4 is 0 Å². The minimum atomic E-state index is -1.03. The summed E-state index contributed by atoms with van der Waals surface area (Å²) in [7, 11) is 0. The molecular weight excluding hydrogens is 174 g/mol. The van der Waals surface area contributed by atoms with E-state index < -0.39 is 5.03 Å². The molecule has 1 aromatic carbocycles. The van der Waals surface area contributed by atoms with E-state index >= 15 is 0 Å². The summed E-state index contributed by atoms with van der Waals surface area (Å²) < 4.78 is 0. The average Bonchev–Trinajstić information content (AvgIpc) is 2.03. The normalized spacial score (nSPS) is 11.3. The number of benzene rings is 1. The zero-order valence-corrected chi connectivity index (χ0v) is 6.88. The molecule has 0 radical (unpaired) electrons. The first-order valence-electron chi connectivity index (χ1n) is 3.49. The van der Waals surface area contributed by atoms with Gasteiger partial charge in [0.05, 0.1) is 0 Å². The smallest absolute Gasteiger partial charge is 0.349 e. The third-order valence-corrected chi connectivity index (χ3v) is 1.38. The zero-order valence-electron chi connectivity index (χ0n) is 6.88. The van der Waals surface area contributed by atoms with E-state index in [4.69, 9.17) is 0 Å². The van der Waals surface area contributed by atoms with Crippen LogP contribution in [0.1, 0.15) is 5.56 Å². The summed E-state index contributed by atoms with van der Waals surface area (Å²) in [6.45, 7) is 1.78. The monoisotopic (exact) mass is 181 g/mol. The molecule has 0 unspecified atom stereocenters. The van der Waals surface area contributed by atoms with Gasteiger partial charge in [0.25, 0.3) is 10.7 Å². The highest BCUT2D eigenvalue weighted by Gasteiger charge is 2.07. The molecule has 0 bridgehead atoms. The van der Waals surface area contributed by atoms with Gasteiger partial charge in [-0.05, 0) is 12.5 Å². The Morgan fingerprint density at radius 3 is 2.62 bits per heavy atom. The van der Waals surface area contributed by atoms with Gasteiger partial charge in [0.15, 0.2) is 0 Å². The molecule has 6 heteroatoms. The lowest BCUT2D eigenvalue weighted by molar-refractivity contribution is -0.642. The number of hydrogen-bond donors (Lipinski definition) is 0. The van der Waals surface area contributed by atoms with Crippen LogP contribution in [0.3, 0.4) is 0 Å². The fourth-order valence-electron chi connectivity index (χ4n) is 0.865. The van der Waals surface area contributed by atoms with Crippen molar-refractivity contribution < 1.29 is 9.89 Å². The van der Waals surface area contributed by atoms with Crippen molar-refractivity contribution in [2.75, 3.05) is 0 Å². The third kappa shape index (κ3) is 2.51. The molecule has 0 spiro atoms. The van der Waals surface area contributed by atoms with Crippen LogP contribution in [0.15, 0.2) is 29.5 Å². The van der Waals surface area contributed by atoms with Gasteiger partial charge in [-0.15, -0.1) is 0 Å². The van der Waals surface area contributed by atoms with Crippen LogP contribution in [0.4, 0.5) is 5.69 Å². The Labute approximate surface area is 73.8 Å². The van der Waals surface area contributed by atoms with Crippen molar-refractivity contribution in [3.63, 3.8) is 0 Å². The second kappa shape index (κ2) is 3.61. The van der Waals surface area contributed by atoms with Gasteiger partial charge >= 0.3 is 5.22 Å². The molecule has 0 N–H and O–H groups in total. The fourth-order valence-corrected chi connectivity index (χ4v) is 0.865. The van der Waals surface area contributed by atoms with Crippen LogP contribution in [0.5, 0.6) is 0 Å². The molecule has 0 amide bonds. The summed E-state index contributed by atoms with van der Waals surface area (Å²) in [6.07, 6.45) is 0. The summed E-state index contributed by atoms with van der Waals surface area (Å²) in [5.74, 6) is 0. The Bertz CT molecular complexity index is 362. The third-order valence-electron chi connectivity index (χ3n) is 1.38. The highest BCUT2D eigenvalue weighted by Crippen LogP contribution is 2.12. The van der Waals surface area contributed by atoms with Crippen LogP contribution in [0.2, 0.25) is 0 Å². The van der Waals surface area contributed by atoms with E-state index in [1.165, 1.54) is 12.1 Å². The Morgan fingerprint density at radius 2 is 2.08 bits per heavy atom. The summed E-state index contributed by atoms with van der Waals surface area (Å²) in [6, 6.07) is 6.38. The summed E-state index contributed by atoms with van der Waals surface area (Å²) in [5.41, 5.74) is 0.994. The lowest BCUT2D eigenvalue weighted by atomic mass is 10.2. The first-order chi connectivity index (χ1) is 6.09. The molecule has 6 nitrogen and oxygen atoms in total. The maximum absolute atomic E-state index is 10.9. The van der Waals surface area contributed by atoms with Gasteiger partial charge in [0, 0.05) is 17.0 Å². The van der Waals surface area contributed by atoms with E-state index in [-0.39, 0.29) is 10.5 Å². The predicted octanol–water partition coefficient (Wildman–Crippen LogP) is 1.78. The first-order valence-corrected chi connectivity index (χ1v) is 3.49. The van der Waals surface area contributed by atoms with Gasteiger partial charge in [-0.3, -0.25) is 0 Å². The number of aryl methyl sites for hydroxylation is 1. The van der Waals surface area contributed by atoms with Crippen molar-refractivity contribution in [3.05, 3.63) is 45.2 Å². The Hall–Kier alpha value is -1.98. The van der Waals surface area contributed by atoms with Crippen molar-refractivity contribution in [1.29, 1.82) is 0 Å². The van der Waals surface area contributed by atoms with Gasteiger partial charge in [0.1, 0.15) is 0 Å². The minimum Gasteiger partial charge on any atom is -0.590 e. The molecule has 0 saturated carbocycles. The predicted molar refractivity (Wildman–Crippen MR) is 43.9 cm³/mol. The molecule has 0 atom stereocenters. The molecule has 0 fully saturated rings. The second-order valence-electron chi connectivity index (χ2n) is 2.44. The number of hydrogen-bond acceptors (Lipinski definition) is 3. The van der Waals surface area contributed by atoms with E-state index in [9.17, 15) is 15.3 Å². The van der Waals surface area contributed by atoms with E-state index in [0.29, 0.717) is 0 Å². The van der Waals surface area contributed by atoms with Crippen molar-refractivity contribution in [2.24, 2.45) is 5.22 Å². The summed E-state index contributed by atoms with van der Waals surface area (Å²) >= 11 is 0. The molecular formula is C7H7N3O3. The van der Waals surface area contributed by atoms with Crippen LogP contribution in [0, 0.1) is 22.2 Å². The van der Waals surface area contributed by atoms with Gasteiger partial charge in [-0.2, -0.15) is 0 Å². The van der Waals surface area contributed by atoms with E-state index in [1.807, 2.05) is 0 Å². The molecule has 68 valence electrons. The van der Waals surface area contributed by atoms with E-state index in [2.05, 4.69) is 5.22 Å². The van der Waals surface area contributed by atoms with Gasteiger partial charge in [-0.1, -0.05) is 12.1 Å². The van der Waals surface area contributed by atoms with Gasteiger partial charge < -0.3 is 5.21 Å². The molecule has 0 aromatic heterocycles. The van der Waals surface area contributed by atoms with Crippen molar-refractivity contribution in [2.45, 2.75) is 6.92 Å². The van der Waals surface area contributed by atoms with E-state index in [1.54, 1.807) is 19.1 Å². The molecule has 0 aliphatic rings. The summed E-state index contributed by atoms with van der Waals surface area (Å²) in [4.78, 5) is 9.84. The topological polar surface area (TPSA) is 81.6 Å². The summed E-state index contributed by atoms with van der Waals surface area (Å²) in [5, 5.41) is 22.3. The molecule has 1 rings (SSSR count). The largest absolute Gasteiger partial charge is 0.590 e. The van der Waals surface area contributed by atoms with Crippen LogP contribution in [0.25, 0.3) is 0 Å². The maximum Gasteiger partial charge on any atom is 0.349 e. The molecule has 13 heavy (non-hydrogen) atoms. The Balaban J connectivity index is 3.02. The highest BCUT2D eigenvalue weighted by molar-refractivity contribution is 5.33. The van der Waals surface area contributed by atoms with Crippen LogP contribution in [-0.2, 0) is 0 Å². The highest BCUT2D eigenvalue weighted by atomic mass is 16.7. The number of nitrogens with zero attached hydrogens (tertiary/aromatic N) is 3. The second-order valence-corrected chi connectivity index (χ2v) is 2.44. The molecule has 0 aliphatic heterocycles. The minimum absolute atomic E-state index is 0.0208. The molecule has 0 aliphatic carbocycles. The van der Waals surface area contributed by atoms with Gasteiger partial charge in [-0.25, -0.2) is 10.1 Å². The first kappa shape index (κ1) is 9.11. The lowest BCUT2D eigenvalue weighted by Crippen LogP contribution is -1.97. The van der Waals surface area contributed by atoms with E-state index in [0.717, 1.165) is 5.56 Å². The standard InChI is InChI=1S/C7H7N3O3/c1-6-3-2-4-7(5-6)9(11)8-10(12)13/h2-5H,1H3. The van der Waals surface area contributed by atoms with Crippen molar-refractivity contribution in [1.82, 2.24) is 0 Å². The fraction of sp³-hybridized carbons (Fsp3) is 0.143. The maximum atomic E-state index is 10.9. The van der Waals surface area contributed by atoms with Crippen LogP contribution in [-0.4, -0.2) is 9.89 Å². The molecule has 0 saturated heterocycles. The number of rotatable bonds is 2. The van der Waals surface area contributed by atoms with Gasteiger partial charge in [0.2, 0.25) is 0 Å². The average molecular weight is 181 g/mol. The van der Waals surface area contributed by atoms with Crippen molar-refractivity contribution >= 4 is 5.69 Å².